The van der Waals surface area contributed by atoms with Gasteiger partial charge in [0.1, 0.15) is 0 Å². The Morgan fingerprint density at radius 2 is 2.00 bits per heavy atom. The normalized spacial score (nSPS) is 14.1. The molecular weight excluding hydrogens is 368 g/mol. The highest BCUT2D eigenvalue weighted by Gasteiger charge is 2.34. The fourth-order valence-corrected chi connectivity index (χ4v) is 3.85. The first-order valence-corrected chi connectivity index (χ1v) is 9.98. The summed E-state index contributed by atoms with van der Waals surface area (Å²) in [4.78, 5) is 16.7. The maximum absolute atomic E-state index is 12.8. The maximum atomic E-state index is 12.8. The van der Waals surface area contributed by atoms with Crippen LogP contribution in [0.2, 0.25) is 0 Å². The van der Waals surface area contributed by atoms with Crippen molar-refractivity contribution in [3.05, 3.63) is 58.7 Å². The summed E-state index contributed by atoms with van der Waals surface area (Å²) in [5.74, 6) is 0.109. The van der Waals surface area contributed by atoms with Crippen molar-refractivity contribution in [2.24, 2.45) is 0 Å². The van der Waals surface area contributed by atoms with Crippen molar-refractivity contribution in [2.45, 2.75) is 45.3 Å². The average molecular weight is 400 g/mol. The monoisotopic (exact) mass is 399 g/mol. The largest absolute Gasteiger partial charge is 0.591 e. The molecular formula is C23H31N2O4+. The van der Waals surface area contributed by atoms with E-state index >= 15 is 0 Å². The van der Waals surface area contributed by atoms with Crippen LogP contribution in [0, 0.1) is 0 Å². The van der Waals surface area contributed by atoms with Gasteiger partial charge in [0.25, 0.3) is 11.7 Å². The summed E-state index contributed by atoms with van der Waals surface area (Å²) < 4.78 is 0. The van der Waals surface area contributed by atoms with E-state index in [-0.39, 0.29) is 29.6 Å². The molecule has 2 aromatic rings. The Balaban J connectivity index is 1.72. The number of aryl methyl sites for hydroxylation is 1. The van der Waals surface area contributed by atoms with E-state index in [9.17, 15) is 9.90 Å². The Morgan fingerprint density at radius 1 is 1.24 bits per heavy atom. The molecule has 0 aromatic heterocycles. The van der Waals surface area contributed by atoms with Gasteiger partial charge in [0.05, 0.1) is 6.61 Å². The number of benzene rings is 2. The van der Waals surface area contributed by atoms with E-state index in [4.69, 9.17) is 10.2 Å². The van der Waals surface area contributed by atoms with Crippen LogP contribution in [0.4, 0.5) is 0 Å². The molecule has 4 N–H and O–H groups in total. The molecule has 156 valence electrons. The lowest BCUT2D eigenvalue weighted by Crippen LogP contribution is -2.40. The Morgan fingerprint density at radius 3 is 2.69 bits per heavy atom. The Kier molecular flexibility index (Phi) is 6.15. The van der Waals surface area contributed by atoms with Gasteiger partial charge < -0.3 is 20.2 Å². The highest BCUT2D eigenvalue weighted by molar-refractivity contribution is 5.96. The molecule has 1 aliphatic rings. The van der Waals surface area contributed by atoms with Gasteiger partial charge in [-0.1, -0.05) is 18.2 Å². The maximum Gasteiger partial charge on any atom is 0.296 e. The summed E-state index contributed by atoms with van der Waals surface area (Å²) in [6, 6.07) is 11.1. The Bertz CT molecular complexity index is 894. The minimum Gasteiger partial charge on any atom is -0.591 e. The number of aliphatic hydroxyl groups excluding tert-OH is 1. The second-order valence-electron chi connectivity index (χ2n) is 8.41. The fraction of sp³-hybridized carbons (Fsp3) is 0.435. The van der Waals surface area contributed by atoms with Crippen LogP contribution in [-0.2, 0) is 19.5 Å². The van der Waals surface area contributed by atoms with Gasteiger partial charge in [-0.2, -0.15) is 0 Å². The van der Waals surface area contributed by atoms with E-state index in [2.05, 4.69) is 24.8 Å². The highest BCUT2D eigenvalue weighted by Crippen LogP contribution is 2.34. The predicted molar refractivity (Wildman–Crippen MR) is 113 cm³/mol. The smallest absolute Gasteiger partial charge is 0.296 e. The van der Waals surface area contributed by atoms with Gasteiger partial charge in [0.15, 0.2) is 0 Å². The lowest BCUT2D eigenvalue weighted by atomic mass is 9.93. The molecule has 6 heteroatoms. The quantitative estimate of drug-likeness (QED) is 0.701. The fourth-order valence-electron chi connectivity index (χ4n) is 3.85. The number of phenols is 1. The molecule has 6 nitrogen and oxygen atoms in total. The van der Waals surface area contributed by atoms with Gasteiger partial charge in [-0.25, -0.2) is 0 Å². The van der Waals surface area contributed by atoms with E-state index in [0.717, 1.165) is 37.1 Å². The highest BCUT2D eigenvalue weighted by atomic mass is 16.3. The topological polar surface area (TPSA) is 86.9 Å². The van der Waals surface area contributed by atoms with Gasteiger partial charge in [-0.05, 0) is 55.5 Å². The first-order valence-electron chi connectivity index (χ1n) is 9.98. The van der Waals surface area contributed by atoms with Crippen LogP contribution >= 0.6 is 0 Å². The van der Waals surface area contributed by atoms with Crippen molar-refractivity contribution in [3.63, 3.8) is 0 Å². The van der Waals surface area contributed by atoms with Crippen LogP contribution in [0.1, 0.15) is 47.3 Å². The summed E-state index contributed by atoms with van der Waals surface area (Å²) in [5, 5.41) is 26.4. The molecule has 0 bridgehead atoms. The Hall–Kier alpha value is -2.57. The third-order valence-corrected chi connectivity index (χ3v) is 5.94. The zero-order valence-corrected chi connectivity index (χ0v) is 17.4. The van der Waals surface area contributed by atoms with Crippen LogP contribution < -0.4 is 0 Å². The van der Waals surface area contributed by atoms with Crippen molar-refractivity contribution in [1.82, 2.24) is 9.80 Å². The molecule has 0 saturated carbocycles. The molecule has 0 spiro atoms. The lowest BCUT2D eigenvalue weighted by Gasteiger charge is -2.35. The molecule has 0 atom stereocenters. The van der Waals surface area contributed by atoms with Crippen molar-refractivity contribution in [3.8, 4) is 11.5 Å². The number of fused-ring (bicyclic) bond motifs is 1. The third kappa shape index (κ3) is 4.54. The number of amides is 1. The van der Waals surface area contributed by atoms with E-state index in [1.54, 1.807) is 24.1 Å². The molecule has 1 aliphatic heterocycles. The number of carbonyl (C=O) groups is 1. The molecule has 0 fully saturated rings. The standard InChI is InChI=1S/C23H30N2O4/c1-23(2,10-9-16-7-8-20(27)21(28)13-16)25-14-17-5-4-6-18(19(17)15-25)22(29)24(3)11-12-26/h4-8,13,26-28H,9-12,14-15H2,1-3H3/p+1. The number of aromatic hydroxyl groups is 1. The second-order valence-corrected chi connectivity index (χ2v) is 8.41. The van der Waals surface area contributed by atoms with Gasteiger partial charge in [-0.15, -0.1) is 0 Å². The van der Waals surface area contributed by atoms with E-state index < -0.39 is 0 Å². The summed E-state index contributed by atoms with van der Waals surface area (Å²) in [6.07, 6.45) is 1.72. The predicted octanol–water partition coefficient (Wildman–Crippen LogP) is 2.62. The first-order chi connectivity index (χ1) is 13.7. The molecule has 1 heterocycles. The number of phenolic OH excluding ortho intramolecular Hbond substituents is 1. The summed E-state index contributed by atoms with van der Waals surface area (Å²) in [7, 11) is 1.72. The zero-order valence-electron chi connectivity index (χ0n) is 17.4. The second kappa shape index (κ2) is 8.43. The first kappa shape index (κ1) is 21.1. The number of hydrogen-bond donors (Lipinski definition) is 2. The van der Waals surface area contributed by atoms with E-state index in [1.807, 2.05) is 18.2 Å². The molecule has 0 aliphatic carbocycles. The van der Waals surface area contributed by atoms with Crippen LogP contribution in [-0.4, -0.2) is 56.8 Å². The van der Waals surface area contributed by atoms with Gasteiger partial charge in [0, 0.05) is 43.9 Å². The van der Waals surface area contributed by atoms with E-state index in [0.29, 0.717) is 12.1 Å². The molecule has 0 radical (unpaired) electrons. The third-order valence-electron chi connectivity index (χ3n) is 5.94. The van der Waals surface area contributed by atoms with Crippen LogP contribution in [0.5, 0.6) is 11.5 Å². The Labute approximate surface area is 172 Å². The summed E-state index contributed by atoms with van der Waals surface area (Å²) in [6.45, 7) is 6.21. The van der Waals surface area contributed by atoms with Crippen LogP contribution in [0.3, 0.4) is 0 Å². The minimum absolute atomic E-state index is 0.00589. The number of hydrogen-bond acceptors (Lipinski definition) is 4. The molecule has 2 aromatic carbocycles. The number of rotatable bonds is 7. The number of likely N-dealkylation sites (N-methyl/N-ethyl adjacent to an activating group) is 1. The van der Waals surface area contributed by atoms with Crippen LogP contribution in [0.25, 0.3) is 0 Å². The van der Waals surface area contributed by atoms with Gasteiger partial charge in [0.2, 0.25) is 5.75 Å². The zero-order chi connectivity index (χ0) is 21.2. The average Bonchev–Trinajstić information content (AvgIpc) is 3.14. The number of carbonyl (C=O) groups excluding carboxylic acids is 1. The van der Waals surface area contributed by atoms with Crippen LogP contribution in [0.15, 0.2) is 36.4 Å². The van der Waals surface area contributed by atoms with Gasteiger partial charge in [-0.3, -0.25) is 9.69 Å². The van der Waals surface area contributed by atoms with Crippen molar-refractivity contribution >= 4 is 5.91 Å². The molecule has 0 saturated heterocycles. The number of nitrogens with zero attached hydrogens (tertiary/aromatic N) is 2. The minimum atomic E-state index is -0.0869. The molecule has 29 heavy (non-hydrogen) atoms. The molecule has 3 rings (SSSR count). The summed E-state index contributed by atoms with van der Waals surface area (Å²) >= 11 is 0. The SMILES string of the molecule is CN(CCO)C(=O)c1cccc2c1CN(C(C)(C)CCc1ccc(O)c([OH2+])c1)C2. The van der Waals surface area contributed by atoms with Crippen molar-refractivity contribution in [2.75, 3.05) is 20.2 Å². The number of aliphatic hydroxyl groups is 1. The van der Waals surface area contributed by atoms with Crippen molar-refractivity contribution in [1.29, 1.82) is 0 Å². The van der Waals surface area contributed by atoms with Crippen molar-refractivity contribution < 1.29 is 20.1 Å². The van der Waals surface area contributed by atoms with Gasteiger partial charge >= 0.3 is 0 Å². The molecule has 0 unspecified atom stereocenters. The molecule has 1 amide bonds. The van der Waals surface area contributed by atoms with E-state index in [1.165, 1.54) is 5.56 Å². The summed E-state index contributed by atoms with van der Waals surface area (Å²) in [5.41, 5.74) is 3.93. The lowest BCUT2D eigenvalue weighted by molar-refractivity contribution is 0.0762.